The molecule has 2 heterocycles. The normalized spacial score (nSPS) is 14.5. The third kappa shape index (κ3) is 13.0. The molecule has 0 unspecified atom stereocenters. The predicted molar refractivity (Wildman–Crippen MR) is 345 cm³/mol. The second kappa shape index (κ2) is 31.1. The van der Waals surface area contributed by atoms with Crippen LogP contribution in [0, 0.1) is 11.6 Å². The van der Waals surface area contributed by atoms with Crippen LogP contribution in [-0.2, 0) is 10.8 Å². The zero-order valence-electron chi connectivity index (χ0n) is 51.4. The van der Waals surface area contributed by atoms with E-state index in [0.29, 0.717) is 22.3 Å². The van der Waals surface area contributed by atoms with Gasteiger partial charge < -0.3 is 0 Å². The number of halogens is 2. The third-order valence-corrected chi connectivity index (χ3v) is 52.2. The van der Waals surface area contributed by atoms with Gasteiger partial charge in [0.15, 0.2) is 0 Å². The minimum atomic E-state index is -3.26. The molecule has 3 aromatic carbocycles. The van der Waals surface area contributed by atoms with Crippen molar-refractivity contribution in [2.75, 3.05) is 0 Å². The first kappa shape index (κ1) is 64.3. The van der Waals surface area contributed by atoms with E-state index in [0.717, 1.165) is 162 Å². The summed E-state index contributed by atoms with van der Waals surface area (Å²) < 4.78 is 73.2. The molecule has 10 heteroatoms. The fraction of sp³-hybridized carbons (Fsp3) is 0.735. The first-order chi connectivity index (χ1) is 38.1. The van der Waals surface area contributed by atoms with Crippen LogP contribution in [0.15, 0.2) is 12.1 Å². The van der Waals surface area contributed by atoms with Crippen LogP contribution in [0.4, 0.5) is 8.78 Å². The minimum absolute atomic E-state index is 0.135. The van der Waals surface area contributed by atoms with E-state index in [-0.39, 0.29) is 11.6 Å². The number of benzene rings is 3. The average molecular weight is 1320 g/mol. The van der Waals surface area contributed by atoms with Crippen molar-refractivity contribution in [1.29, 1.82) is 0 Å². The van der Waals surface area contributed by atoms with Crippen LogP contribution in [0.5, 0.6) is 0 Å². The number of nitrogens with zero attached hydrogens (tertiary/aromatic N) is 4. The van der Waals surface area contributed by atoms with E-state index in [1.165, 1.54) is 145 Å². The molecule has 0 atom stereocenters. The molecular weight excluding hydrogens is 1210 g/mol. The van der Waals surface area contributed by atoms with Crippen LogP contribution in [0.25, 0.3) is 44.3 Å². The summed E-state index contributed by atoms with van der Waals surface area (Å²) in [5.41, 5.74) is 9.33. The average Bonchev–Trinajstić information content (AvgIpc) is 4.36. The second-order valence-corrected chi connectivity index (χ2v) is 52.6. The Kier molecular flexibility index (Phi) is 25.6. The summed E-state index contributed by atoms with van der Waals surface area (Å²) in [5.74, 6) is -0.270. The van der Waals surface area contributed by atoms with Gasteiger partial charge in [-0.2, -0.15) is 0 Å². The van der Waals surface area contributed by atoms with E-state index >= 15 is 8.78 Å². The van der Waals surface area contributed by atoms with E-state index in [1.54, 1.807) is 0 Å². The molecule has 0 bridgehead atoms. The zero-order chi connectivity index (χ0) is 55.8. The van der Waals surface area contributed by atoms with Gasteiger partial charge in [0.25, 0.3) is 0 Å². The summed E-state index contributed by atoms with van der Waals surface area (Å²) >= 11 is -3.85. The van der Waals surface area contributed by atoms with Gasteiger partial charge in [-0.25, -0.2) is 0 Å². The standard InChI is InChI=1S/C44H54F2N4S2.6C4H9.2Sn/c1-5-9-13-17-25-43(26-18-14-10-6-2)29-21-23-31-41(49-51-47-31)33(29)35-37(43)39(45)36-34-30(22-24-32-42(34)50-52-48-32)44(38(36)40(35)46,27-19-15-11-7-3)28-20-16-12-8-4;6*1-3-4-2;;/h21-22H,5-20,25-28H2,1-4H3;6*1,3-4H2,2H3;;. The fourth-order valence-electron chi connectivity index (χ4n) is 15.6. The number of aromatic nitrogens is 4. The predicted octanol–water partition coefficient (Wildman–Crippen LogP) is 22.5. The van der Waals surface area contributed by atoms with Gasteiger partial charge in [-0.3, -0.25) is 0 Å². The molecule has 0 saturated heterocycles. The van der Waals surface area contributed by atoms with Crippen LogP contribution in [0.1, 0.15) is 297 Å². The third-order valence-electron chi connectivity index (χ3n) is 20.0. The van der Waals surface area contributed by atoms with Crippen LogP contribution >= 0.6 is 23.5 Å². The van der Waals surface area contributed by atoms with Gasteiger partial charge in [-0.1, -0.05) is 0 Å². The molecular formula is C68H108F2N4S2Sn2. The number of unbranched alkanes of at least 4 members (excludes halogenated alkanes) is 18. The van der Waals surface area contributed by atoms with Gasteiger partial charge >= 0.3 is 496 Å². The Bertz CT molecular complexity index is 2410. The van der Waals surface area contributed by atoms with E-state index in [1.807, 2.05) is 0 Å². The van der Waals surface area contributed by atoms with Crippen LogP contribution in [0.3, 0.4) is 0 Å². The van der Waals surface area contributed by atoms with Crippen molar-refractivity contribution >= 4 is 89.4 Å². The molecule has 4 nitrogen and oxygen atoms in total. The van der Waals surface area contributed by atoms with Crippen molar-refractivity contribution in [2.45, 2.75) is 312 Å². The number of rotatable bonds is 40. The number of fused-ring (bicyclic) bond motifs is 10. The monoisotopic (exact) mass is 1320 g/mol. The van der Waals surface area contributed by atoms with Gasteiger partial charge in [-0.15, -0.1) is 0 Å². The Morgan fingerprint density at radius 1 is 0.333 bits per heavy atom. The van der Waals surface area contributed by atoms with Gasteiger partial charge in [0.2, 0.25) is 0 Å². The Labute approximate surface area is 491 Å². The summed E-state index contributed by atoms with van der Waals surface area (Å²) in [7, 11) is 0. The molecule has 0 fully saturated rings. The second-order valence-electron chi connectivity index (χ2n) is 25.3. The number of hydrogen-bond donors (Lipinski definition) is 0. The van der Waals surface area contributed by atoms with Gasteiger partial charge in [0, 0.05) is 0 Å². The molecule has 0 N–H and O–H groups in total. The van der Waals surface area contributed by atoms with Crippen molar-refractivity contribution in [3.8, 4) is 22.3 Å². The molecule has 78 heavy (non-hydrogen) atoms. The molecule has 0 radical (unpaired) electrons. The summed E-state index contributed by atoms with van der Waals surface area (Å²) in [6.07, 6.45) is 35.5. The van der Waals surface area contributed by atoms with Crippen LogP contribution in [-0.4, -0.2) is 54.2 Å². The fourth-order valence-corrected chi connectivity index (χ4v) is 50.2. The zero-order valence-corrected chi connectivity index (χ0v) is 58.7. The van der Waals surface area contributed by atoms with E-state index < -0.39 is 47.6 Å². The van der Waals surface area contributed by atoms with E-state index in [4.69, 9.17) is 17.5 Å². The quantitative estimate of drug-likeness (QED) is 0.0290. The van der Waals surface area contributed by atoms with E-state index in [2.05, 4.69) is 81.4 Å². The summed E-state index contributed by atoms with van der Waals surface area (Å²) in [6.45, 7) is 23.4. The summed E-state index contributed by atoms with van der Waals surface area (Å²) in [6, 6.07) is 5.31. The Morgan fingerprint density at radius 2 is 0.590 bits per heavy atom. The summed E-state index contributed by atoms with van der Waals surface area (Å²) in [5, 5.41) is 0. The number of hydrogen-bond acceptors (Lipinski definition) is 6. The van der Waals surface area contributed by atoms with Crippen LogP contribution < -0.4 is 7.16 Å². The molecule has 2 aromatic heterocycles. The van der Waals surface area contributed by atoms with Crippen molar-refractivity contribution in [2.24, 2.45) is 0 Å². The first-order valence-corrected chi connectivity index (χ1v) is 49.7. The molecule has 0 saturated carbocycles. The van der Waals surface area contributed by atoms with Crippen molar-refractivity contribution in [3.63, 3.8) is 0 Å². The van der Waals surface area contributed by atoms with Crippen molar-refractivity contribution in [1.82, 2.24) is 17.5 Å². The molecule has 0 aliphatic heterocycles. The molecule has 2 aliphatic carbocycles. The molecule has 2 aliphatic rings. The van der Waals surface area contributed by atoms with Crippen molar-refractivity contribution < 1.29 is 8.78 Å². The maximum atomic E-state index is 20.4. The van der Waals surface area contributed by atoms with E-state index in [9.17, 15) is 0 Å². The topological polar surface area (TPSA) is 51.6 Å². The Hall–Kier alpha value is -1.24. The van der Waals surface area contributed by atoms with Gasteiger partial charge in [0.1, 0.15) is 0 Å². The molecule has 434 valence electrons. The molecule has 5 aromatic rings. The van der Waals surface area contributed by atoms with Crippen molar-refractivity contribution in [3.05, 3.63) is 46.0 Å². The molecule has 0 amide bonds. The van der Waals surface area contributed by atoms with Gasteiger partial charge in [-0.05, 0) is 0 Å². The summed E-state index contributed by atoms with van der Waals surface area (Å²) in [4.78, 5) is 0. The molecule has 7 rings (SSSR count). The SMILES string of the molecule is CCCCCCC1(CCCCCC)c2c[c]([Sn]([CH2]CCC)([CH2]CCC)[CH2]CCC)c3nsnc3c2-c2c(F)c3c(c(F)c21)-c1c(c[c]([Sn]([CH2]CCC)([CH2]CCC)[CH2]CCC)c2nsnc12)C3(CCCCCC)CCCCCC. The Balaban J connectivity index is 1.68. The van der Waals surface area contributed by atoms with Crippen LogP contribution in [0.2, 0.25) is 26.6 Å². The van der Waals surface area contributed by atoms with Gasteiger partial charge in [0.05, 0.1) is 0 Å². The first-order valence-electron chi connectivity index (χ1n) is 33.3. The molecule has 0 spiro atoms. The Morgan fingerprint density at radius 3 is 0.846 bits per heavy atom. The maximum absolute atomic E-state index is 20.4.